The van der Waals surface area contributed by atoms with E-state index in [0.29, 0.717) is 43.2 Å². The predicted molar refractivity (Wildman–Crippen MR) is 131 cm³/mol. The number of benzene rings is 2. The number of rotatable bonds is 7. The zero-order chi connectivity index (χ0) is 25.1. The fraction of sp³-hybridized carbons (Fsp3) is 0.407. The van der Waals surface area contributed by atoms with Gasteiger partial charge >= 0.3 is 0 Å². The summed E-state index contributed by atoms with van der Waals surface area (Å²) in [6, 6.07) is 10.8. The number of ketones is 1. The molecule has 2 aliphatic rings. The van der Waals surface area contributed by atoms with Gasteiger partial charge in [-0.1, -0.05) is 12.1 Å². The maximum atomic E-state index is 13.2. The Kier molecular flexibility index (Phi) is 7.42. The number of aromatic hydroxyl groups is 1. The molecule has 2 aromatic carbocycles. The van der Waals surface area contributed by atoms with Crippen LogP contribution in [0, 0.1) is 6.92 Å². The summed E-state index contributed by atoms with van der Waals surface area (Å²) in [5.41, 5.74) is 1.93. The monoisotopic (exact) mass is 480 g/mol. The number of ether oxygens (including phenoxy) is 2. The van der Waals surface area contributed by atoms with E-state index >= 15 is 0 Å². The summed E-state index contributed by atoms with van der Waals surface area (Å²) in [4.78, 5) is 30.0. The van der Waals surface area contributed by atoms with E-state index in [1.54, 1.807) is 30.3 Å². The SMILES string of the molecule is Cc1cc(C(O)=C2C(=O)C(=O)N(CCN3CCOCC3)[C@@H]2c2ccc(O)cc2)ccc1OC(C)C. The van der Waals surface area contributed by atoms with Gasteiger partial charge in [0.1, 0.15) is 17.3 Å². The molecule has 8 nitrogen and oxygen atoms in total. The molecule has 0 bridgehead atoms. The van der Waals surface area contributed by atoms with Crippen molar-refractivity contribution in [2.24, 2.45) is 0 Å². The highest BCUT2D eigenvalue weighted by Gasteiger charge is 2.46. The van der Waals surface area contributed by atoms with Crippen LogP contribution in [-0.2, 0) is 14.3 Å². The number of likely N-dealkylation sites (tertiary alicyclic amines) is 1. The maximum Gasteiger partial charge on any atom is 0.295 e. The van der Waals surface area contributed by atoms with Crippen molar-refractivity contribution < 1.29 is 29.3 Å². The molecule has 4 rings (SSSR count). The lowest BCUT2D eigenvalue weighted by atomic mass is 9.94. The minimum atomic E-state index is -0.761. The van der Waals surface area contributed by atoms with Crippen molar-refractivity contribution in [3.63, 3.8) is 0 Å². The smallest absolute Gasteiger partial charge is 0.295 e. The molecular weight excluding hydrogens is 448 g/mol. The molecule has 1 atom stereocenters. The van der Waals surface area contributed by atoms with E-state index in [2.05, 4.69) is 4.90 Å². The molecule has 2 saturated heterocycles. The Morgan fingerprint density at radius 1 is 1.09 bits per heavy atom. The number of Topliss-reactive ketones (excluding diaryl/α,β-unsaturated/α-hetero) is 1. The molecule has 0 aromatic heterocycles. The number of nitrogens with zero attached hydrogens (tertiary/aromatic N) is 2. The second kappa shape index (κ2) is 10.5. The summed E-state index contributed by atoms with van der Waals surface area (Å²) in [5, 5.41) is 21.1. The summed E-state index contributed by atoms with van der Waals surface area (Å²) in [7, 11) is 0. The molecule has 8 heteroatoms. The molecule has 0 spiro atoms. The fourth-order valence-electron chi connectivity index (χ4n) is 4.53. The first-order valence-corrected chi connectivity index (χ1v) is 11.9. The van der Waals surface area contributed by atoms with Gasteiger partial charge in [0, 0.05) is 31.7 Å². The van der Waals surface area contributed by atoms with Crippen LogP contribution in [0.4, 0.5) is 0 Å². The van der Waals surface area contributed by atoms with E-state index < -0.39 is 17.7 Å². The first kappa shape index (κ1) is 24.8. The minimum absolute atomic E-state index is 0.000524. The lowest BCUT2D eigenvalue weighted by Gasteiger charge is -2.31. The number of phenols is 1. The van der Waals surface area contributed by atoms with E-state index in [1.807, 2.05) is 20.8 Å². The Morgan fingerprint density at radius 3 is 2.40 bits per heavy atom. The Labute approximate surface area is 205 Å². The number of phenolic OH excluding ortho intramolecular Hbond substituents is 1. The van der Waals surface area contributed by atoms with Gasteiger partial charge in [-0.3, -0.25) is 14.5 Å². The van der Waals surface area contributed by atoms with Gasteiger partial charge in [-0.15, -0.1) is 0 Å². The quantitative estimate of drug-likeness (QED) is 0.357. The Morgan fingerprint density at radius 2 is 1.77 bits per heavy atom. The highest BCUT2D eigenvalue weighted by atomic mass is 16.5. The molecule has 2 heterocycles. The van der Waals surface area contributed by atoms with Gasteiger partial charge in [-0.2, -0.15) is 0 Å². The number of carbonyl (C=O) groups is 2. The molecule has 2 N–H and O–H groups in total. The van der Waals surface area contributed by atoms with Crippen molar-refractivity contribution in [3.8, 4) is 11.5 Å². The standard InChI is InChI=1S/C27H32N2O6/c1-17(2)35-22-9-6-20(16-18(22)3)25(31)23-24(19-4-7-21(30)8-5-19)29(27(33)26(23)32)11-10-28-12-14-34-15-13-28/h4-9,16-17,24,30-31H,10-15H2,1-3H3/t24-/m1/s1. The molecule has 2 fully saturated rings. The zero-order valence-electron chi connectivity index (χ0n) is 20.4. The van der Waals surface area contributed by atoms with Crippen molar-refractivity contribution in [3.05, 3.63) is 64.7 Å². The summed E-state index contributed by atoms with van der Waals surface area (Å²) in [6.45, 7) is 9.44. The summed E-state index contributed by atoms with van der Waals surface area (Å²) < 4.78 is 11.2. The number of amides is 1. The number of aliphatic hydroxyl groups excluding tert-OH is 1. The van der Waals surface area contributed by atoms with Gasteiger partial charge in [0.2, 0.25) is 0 Å². The van der Waals surface area contributed by atoms with Crippen LogP contribution in [0.15, 0.2) is 48.0 Å². The Hall–Kier alpha value is -3.36. The van der Waals surface area contributed by atoms with Crippen LogP contribution in [0.2, 0.25) is 0 Å². The Bertz CT molecular complexity index is 1120. The largest absolute Gasteiger partial charge is 0.508 e. The number of hydrogen-bond acceptors (Lipinski definition) is 7. The second-order valence-electron chi connectivity index (χ2n) is 9.18. The molecule has 186 valence electrons. The van der Waals surface area contributed by atoms with Crippen molar-refractivity contribution in [2.75, 3.05) is 39.4 Å². The molecule has 2 aromatic rings. The van der Waals surface area contributed by atoms with E-state index in [1.165, 1.54) is 17.0 Å². The van der Waals surface area contributed by atoms with Crippen molar-refractivity contribution in [1.82, 2.24) is 9.80 Å². The summed E-state index contributed by atoms with van der Waals surface area (Å²) >= 11 is 0. The van der Waals surface area contributed by atoms with Gasteiger partial charge in [-0.25, -0.2) is 0 Å². The number of morpholine rings is 1. The molecule has 1 amide bonds. The molecule has 0 radical (unpaired) electrons. The average molecular weight is 481 g/mol. The van der Waals surface area contributed by atoms with Gasteiger partial charge in [0.15, 0.2) is 0 Å². The molecular formula is C27H32N2O6. The van der Waals surface area contributed by atoms with Gasteiger partial charge in [-0.05, 0) is 62.2 Å². The first-order valence-electron chi connectivity index (χ1n) is 11.9. The van der Waals surface area contributed by atoms with Gasteiger partial charge in [0.05, 0.1) is 30.9 Å². The van der Waals surface area contributed by atoms with Crippen molar-refractivity contribution in [1.29, 1.82) is 0 Å². The minimum Gasteiger partial charge on any atom is -0.508 e. The maximum absolute atomic E-state index is 13.2. The summed E-state index contributed by atoms with van der Waals surface area (Å²) in [6.07, 6.45) is -0.000524. The number of carbonyl (C=O) groups excluding carboxylic acids is 2. The first-order chi connectivity index (χ1) is 16.8. The second-order valence-corrected chi connectivity index (χ2v) is 9.18. The molecule has 2 aliphatic heterocycles. The molecule has 35 heavy (non-hydrogen) atoms. The van der Waals surface area contributed by atoms with Crippen molar-refractivity contribution in [2.45, 2.75) is 32.9 Å². The number of hydrogen-bond donors (Lipinski definition) is 2. The normalized spacial score (nSPS) is 20.6. The van der Waals surface area contributed by atoms with E-state index in [0.717, 1.165) is 18.7 Å². The number of aryl methyl sites for hydroxylation is 1. The predicted octanol–water partition coefficient (Wildman–Crippen LogP) is 3.24. The lowest BCUT2D eigenvalue weighted by Crippen LogP contribution is -2.42. The van der Waals surface area contributed by atoms with E-state index in [4.69, 9.17) is 9.47 Å². The summed E-state index contributed by atoms with van der Waals surface area (Å²) in [5.74, 6) is -0.820. The van der Waals surface area contributed by atoms with Crippen LogP contribution >= 0.6 is 0 Å². The van der Waals surface area contributed by atoms with Crippen LogP contribution in [0.25, 0.3) is 5.76 Å². The van der Waals surface area contributed by atoms with Crippen LogP contribution in [0.3, 0.4) is 0 Å². The zero-order valence-corrected chi connectivity index (χ0v) is 20.4. The van der Waals surface area contributed by atoms with Crippen LogP contribution in [-0.4, -0.2) is 77.2 Å². The third-order valence-corrected chi connectivity index (χ3v) is 6.32. The third-order valence-electron chi connectivity index (χ3n) is 6.32. The average Bonchev–Trinajstić information content (AvgIpc) is 3.09. The molecule has 0 unspecified atom stereocenters. The fourth-order valence-corrected chi connectivity index (χ4v) is 4.53. The third kappa shape index (κ3) is 5.33. The topological polar surface area (TPSA) is 99.5 Å². The Balaban J connectivity index is 1.72. The van der Waals surface area contributed by atoms with E-state index in [-0.39, 0.29) is 23.2 Å². The highest BCUT2D eigenvalue weighted by Crippen LogP contribution is 2.40. The lowest BCUT2D eigenvalue weighted by molar-refractivity contribution is -0.140. The van der Waals surface area contributed by atoms with Gasteiger partial charge in [0.25, 0.3) is 11.7 Å². The van der Waals surface area contributed by atoms with Crippen LogP contribution < -0.4 is 4.74 Å². The molecule has 0 aliphatic carbocycles. The molecule has 0 saturated carbocycles. The highest BCUT2D eigenvalue weighted by molar-refractivity contribution is 6.46. The van der Waals surface area contributed by atoms with Crippen LogP contribution in [0.1, 0.15) is 36.6 Å². The number of aliphatic hydroxyl groups is 1. The van der Waals surface area contributed by atoms with E-state index in [9.17, 15) is 19.8 Å². The van der Waals surface area contributed by atoms with Crippen molar-refractivity contribution >= 4 is 17.4 Å². The van der Waals surface area contributed by atoms with Crippen LogP contribution in [0.5, 0.6) is 11.5 Å². The van der Waals surface area contributed by atoms with Gasteiger partial charge < -0.3 is 24.6 Å².